The number of fused-ring (bicyclic) bond motifs is 1. The Kier molecular flexibility index (Phi) is 3.63. The third-order valence-electron chi connectivity index (χ3n) is 3.92. The summed E-state index contributed by atoms with van der Waals surface area (Å²) in [5.74, 6) is 0.571. The zero-order valence-corrected chi connectivity index (χ0v) is 13.3. The molecule has 24 heavy (non-hydrogen) atoms. The first-order valence-electron chi connectivity index (χ1n) is 7.81. The number of nitrogens with one attached hydrogen (secondary N) is 1. The quantitative estimate of drug-likeness (QED) is 0.609. The van der Waals surface area contributed by atoms with E-state index in [0.717, 1.165) is 27.8 Å². The van der Waals surface area contributed by atoms with Crippen molar-refractivity contribution in [3.05, 3.63) is 72.9 Å². The number of anilines is 1. The fraction of sp³-hybridized carbons (Fsp3) is 0.0500. The van der Waals surface area contributed by atoms with Crippen LogP contribution in [-0.4, -0.2) is 22.0 Å². The number of rotatable bonds is 3. The topological polar surface area (TPSA) is 50.7 Å². The van der Waals surface area contributed by atoms with Gasteiger partial charge in [0.25, 0.3) is 0 Å². The number of benzene rings is 2. The van der Waals surface area contributed by atoms with Crippen LogP contribution in [0.15, 0.2) is 72.9 Å². The Balaban J connectivity index is 2.02. The second-order valence-corrected chi connectivity index (χ2v) is 5.47. The van der Waals surface area contributed by atoms with Crippen LogP contribution in [0, 0.1) is 0 Å². The van der Waals surface area contributed by atoms with Crippen LogP contribution < -0.4 is 5.32 Å². The average molecular weight is 312 g/mol. The molecular weight excluding hydrogens is 296 g/mol. The van der Waals surface area contributed by atoms with Crippen LogP contribution in [0.3, 0.4) is 0 Å². The Bertz CT molecular complexity index is 982. The lowest BCUT2D eigenvalue weighted by molar-refractivity contribution is 1.17. The Morgan fingerprint density at radius 1 is 0.792 bits per heavy atom. The van der Waals surface area contributed by atoms with Crippen LogP contribution in [0.4, 0.5) is 5.95 Å². The normalized spacial score (nSPS) is 10.7. The molecule has 2 heterocycles. The van der Waals surface area contributed by atoms with Crippen LogP contribution in [0.25, 0.3) is 33.4 Å². The minimum atomic E-state index is 0.571. The van der Waals surface area contributed by atoms with Gasteiger partial charge in [-0.3, -0.25) is 0 Å². The molecule has 0 saturated carbocycles. The third-order valence-corrected chi connectivity index (χ3v) is 3.92. The molecule has 4 aromatic rings. The molecule has 0 amide bonds. The number of aromatic nitrogens is 3. The molecule has 0 saturated heterocycles. The van der Waals surface area contributed by atoms with Gasteiger partial charge in [0, 0.05) is 29.8 Å². The van der Waals surface area contributed by atoms with Gasteiger partial charge in [0.15, 0.2) is 5.65 Å². The lowest BCUT2D eigenvalue weighted by atomic mass is 9.98. The molecule has 0 fully saturated rings. The zero-order chi connectivity index (χ0) is 16.4. The second-order valence-electron chi connectivity index (χ2n) is 5.47. The van der Waals surface area contributed by atoms with Gasteiger partial charge in [0.05, 0.1) is 5.69 Å². The van der Waals surface area contributed by atoms with Gasteiger partial charge in [-0.1, -0.05) is 60.7 Å². The zero-order valence-electron chi connectivity index (χ0n) is 13.3. The van der Waals surface area contributed by atoms with E-state index >= 15 is 0 Å². The van der Waals surface area contributed by atoms with Crippen LogP contribution in [0.5, 0.6) is 0 Å². The molecule has 0 spiro atoms. The van der Waals surface area contributed by atoms with Crippen molar-refractivity contribution in [2.24, 2.45) is 0 Å². The highest BCUT2D eigenvalue weighted by Crippen LogP contribution is 2.32. The summed E-state index contributed by atoms with van der Waals surface area (Å²) in [5.41, 5.74) is 4.89. The van der Waals surface area contributed by atoms with Gasteiger partial charge >= 0.3 is 0 Å². The van der Waals surface area contributed by atoms with Gasteiger partial charge in [-0.05, 0) is 11.6 Å². The smallest absolute Gasteiger partial charge is 0.224 e. The van der Waals surface area contributed by atoms with Gasteiger partial charge in [-0.15, -0.1) is 0 Å². The lowest BCUT2D eigenvalue weighted by Gasteiger charge is -2.11. The third kappa shape index (κ3) is 2.58. The largest absolute Gasteiger partial charge is 0.357 e. The van der Waals surface area contributed by atoms with Gasteiger partial charge in [0.2, 0.25) is 5.95 Å². The van der Waals surface area contributed by atoms with E-state index in [1.165, 1.54) is 0 Å². The molecule has 4 heteroatoms. The van der Waals surface area contributed by atoms with E-state index in [4.69, 9.17) is 4.98 Å². The standard InChI is InChI=1S/C20H16N4/c1-21-20-22-13-16-12-17(14-8-4-2-5-9-14)18(23-19(16)24-20)15-10-6-3-7-11-15/h2-13H,1H3,(H,21,22,23,24). The molecule has 0 radical (unpaired) electrons. The van der Waals surface area contributed by atoms with E-state index in [9.17, 15) is 0 Å². The fourth-order valence-corrected chi connectivity index (χ4v) is 2.74. The van der Waals surface area contributed by atoms with Crippen molar-refractivity contribution in [2.75, 3.05) is 12.4 Å². The van der Waals surface area contributed by atoms with E-state index in [0.29, 0.717) is 11.6 Å². The highest BCUT2D eigenvalue weighted by Gasteiger charge is 2.12. The summed E-state index contributed by atoms with van der Waals surface area (Å²) in [4.78, 5) is 13.6. The first kappa shape index (κ1) is 14.3. The Morgan fingerprint density at radius 2 is 1.46 bits per heavy atom. The fourth-order valence-electron chi connectivity index (χ4n) is 2.74. The predicted octanol–water partition coefficient (Wildman–Crippen LogP) is 4.40. The molecule has 116 valence electrons. The molecule has 0 aliphatic heterocycles. The van der Waals surface area contributed by atoms with Crippen molar-refractivity contribution in [1.29, 1.82) is 0 Å². The van der Waals surface area contributed by atoms with E-state index in [2.05, 4.69) is 45.6 Å². The molecule has 0 unspecified atom stereocenters. The summed E-state index contributed by atoms with van der Waals surface area (Å²) in [5, 5.41) is 3.89. The number of hydrogen-bond donors (Lipinski definition) is 1. The van der Waals surface area contributed by atoms with Crippen molar-refractivity contribution in [1.82, 2.24) is 15.0 Å². The van der Waals surface area contributed by atoms with Crippen LogP contribution in [0.2, 0.25) is 0 Å². The molecule has 2 aromatic heterocycles. The predicted molar refractivity (Wildman–Crippen MR) is 97.8 cm³/mol. The maximum absolute atomic E-state index is 4.84. The minimum Gasteiger partial charge on any atom is -0.357 e. The maximum atomic E-state index is 4.84. The average Bonchev–Trinajstić information content (AvgIpc) is 2.68. The highest BCUT2D eigenvalue weighted by atomic mass is 15.1. The summed E-state index contributed by atoms with van der Waals surface area (Å²) in [7, 11) is 1.80. The molecule has 2 aromatic carbocycles. The summed E-state index contributed by atoms with van der Waals surface area (Å²) >= 11 is 0. The van der Waals surface area contributed by atoms with Crippen molar-refractivity contribution >= 4 is 17.0 Å². The van der Waals surface area contributed by atoms with E-state index in [-0.39, 0.29) is 0 Å². The molecule has 0 atom stereocenters. The maximum Gasteiger partial charge on any atom is 0.224 e. The van der Waals surface area contributed by atoms with Crippen LogP contribution >= 0.6 is 0 Å². The molecular formula is C20H16N4. The Hall–Kier alpha value is -3.27. The molecule has 4 nitrogen and oxygen atoms in total. The van der Waals surface area contributed by atoms with E-state index < -0.39 is 0 Å². The summed E-state index contributed by atoms with van der Waals surface area (Å²) < 4.78 is 0. The summed E-state index contributed by atoms with van der Waals surface area (Å²) in [6, 6.07) is 22.6. The van der Waals surface area contributed by atoms with Gasteiger partial charge in [-0.2, -0.15) is 4.98 Å². The van der Waals surface area contributed by atoms with Gasteiger partial charge in [-0.25, -0.2) is 9.97 Å². The van der Waals surface area contributed by atoms with E-state index in [1.54, 1.807) is 7.05 Å². The molecule has 0 bridgehead atoms. The molecule has 4 rings (SSSR count). The van der Waals surface area contributed by atoms with Gasteiger partial charge < -0.3 is 5.32 Å². The second kappa shape index (κ2) is 6.08. The molecule has 0 aliphatic rings. The molecule has 0 aliphatic carbocycles. The van der Waals surface area contributed by atoms with Crippen molar-refractivity contribution < 1.29 is 0 Å². The first-order chi connectivity index (χ1) is 11.8. The first-order valence-corrected chi connectivity index (χ1v) is 7.81. The van der Waals surface area contributed by atoms with Crippen LogP contribution in [-0.2, 0) is 0 Å². The van der Waals surface area contributed by atoms with Gasteiger partial charge in [0.1, 0.15) is 0 Å². The lowest BCUT2D eigenvalue weighted by Crippen LogP contribution is -1.99. The Morgan fingerprint density at radius 3 is 2.12 bits per heavy atom. The van der Waals surface area contributed by atoms with Crippen molar-refractivity contribution in [2.45, 2.75) is 0 Å². The number of pyridine rings is 1. The minimum absolute atomic E-state index is 0.571. The molecule has 1 N–H and O–H groups in total. The van der Waals surface area contributed by atoms with E-state index in [1.807, 2.05) is 42.6 Å². The number of nitrogens with zero attached hydrogens (tertiary/aromatic N) is 3. The summed E-state index contributed by atoms with van der Waals surface area (Å²) in [6.07, 6.45) is 1.81. The highest BCUT2D eigenvalue weighted by molar-refractivity contribution is 5.90. The SMILES string of the molecule is CNc1ncc2cc(-c3ccccc3)c(-c3ccccc3)nc2n1. The van der Waals surface area contributed by atoms with Crippen molar-refractivity contribution in [3.63, 3.8) is 0 Å². The van der Waals surface area contributed by atoms with Crippen molar-refractivity contribution in [3.8, 4) is 22.4 Å². The number of hydrogen-bond acceptors (Lipinski definition) is 4. The van der Waals surface area contributed by atoms with Crippen LogP contribution in [0.1, 0.15) is 0 Å². The Labute approximate surface area is 140 Å². The monoisotopic (exact) mass is 312 g/mol. The summed E-state index contributed by atoms with van der Waals surface area (Å²) in [6.45, 7) is 0.